The molecule has 0 bridgehead atoms. The van der Waals surface area contributed by atoms with Gasteiger partial charge in [0, 0.05) is 19.1 Å². The molecule has 0 aromatic heterocycles. The third-order valence-corrected chi connectivity index (χ3v) is 4.16. The average Bonchev–Trinajstić information content (AvgIpc) is 3.34. The third kappa shape index (κ3) is 3.93. The molecule has 0 saturated heterocycles. The Hall–Kier alpha value is -1.64. The molecule has 2 nitrogen and oxygen atoms in total. The largest absolute Gasteiger partial charge is 0.387 e. The minimum Gasteiger partial charge on any atom is -0.387 e. The number of rotatable bonds is 6. The van der Waals surface area contributed by atoms with Gasteiger partial charge in [-0.1, -0.05) is 60.2 Å². The highest BCUT2D eigenvalue weighted by molar-refractivity contribution is 5.22. The van der Waals surface area contributed by atoms with E-state index in [4.69, 9.17) is 0 Å². The molecule has 1 saturated carbocycles. The van der Waals surface area contributed by atoms with Gasteiger partial charge < -0.3 is 5.11 Å². The predicted octanol–water partition coefficient (Wildman–Crippen LogP) is 3.69. The topological polar surface area (TPSA) is 23.5 Å². The molecule has 1 N–H and O–H groups in total. The summed E-state index contributed by atoms with van der Waals surface area (Å²) in [6.45, 7) is 3.75. The zero-order valence-corrected chi connectivity index (χ0v) is 12.6. The van der Waals surface area contributed by atoms with Crippen LogP contribution in [0.15, 0.2) is 54.6 Å². The number of nitrogens with zero attached hydrogens (tertiary/aromatic N) is 1. The van der Waals surface area contributed by atoms with Gasteiger partial charge >= 0.3 is 0 Å². The van der Waals surface area contributed by atoms with Gasteiger partial charge in [0.1, 0.15) is 0 Å². The highest BCUT2D eigenvalue weighted by Gasteiger charge is 2.30. The normalized spacial score (nSPS) is 16.1. The van der Waals surface area contributed by atoms with E-state index < -0.39 is 6.10 Å². The van der Waals surface area contributed by atoms with Gasteiger partial charge in [0.2, 0.25) is 0 Å². The molecular weight excluding hydrogens is 258 g/mol. The van der Waals surface area contributed by atoms with E-state index in [1.807, 2.05) is 30.3 Å². The van der Waals surface area contributed by atoms with Crippen molar-refractivity contribution in [3.8, 4) is 0 Å². The quantitative estimate of drug-likeness (QED) is 0.873. The molecule has 2 aromatic carbocycles. The van der Waals surface area contributed by atoms with E-state index in [1.165, 1.54) is 24.0 Å². The van der Waals surface area contributed by atoms with Gasteiger partial charge in [0.25, 0.3) is 0 Å². The number of aliphatic hydroxyl groups excluding tert-OH is 1. The Kier molecular flexibility index (Phi) is 4.37. The summed E-state index contributed by atoms with van der Waals surface area (Å²) in [5, 5.41) is 10.4. The van der Waals surface area contributed by atoms with E-state index in [1.54, 1.807) is 0 Å². The SMILES string of the molecule is Cc1ccc(CN(CC(O)c2ccccc2)C2CC2)cc1. The van der Waals surface area contributed by atoms with E-state index in [9.17, 15) is 5.11 Å². The molecule has 1 fully saturated rings. The molecule has 2 aromatic rings. The van der Waals surface area contributed by atoms with Gasteiger partial charge in [-0.25, -0.2) is 0 Å². The molecule has 110 valence electrons. The van der Waals surface area contributed by atoms with Crippen LogP contribution < -0.4 is 0 Å². The molecule has 3 rings (SSSR count). The van der Waals surface area contributed by atoms with Crippen molar-refractivity contribution in [3.63, 3.8) is 0 Å². The predicted molar refractivity (Wildman–Crippen MR) is 86.0 cm³/mol. The van der Waals surface area contributed by atoms with E-state index in [-0.39, 0.29) is 0 Å². The van der Waals surface area contributed by atoms with Crippen LogP contribution in [-0.2, 0) is 6.54 Å². The minimum atomic E-state index is -0.405. The summed E-state index contributed by atoms with van der Waals surface area (Å²) in [7, 11) is 0. The lowest BCUT2D eigenvalue weighted by Gasteiger charge is -2.25. The van der Waals surface area contributed by atoms with E-state index >= 15 is 0 Å². The van der Waals surface area contributed by atoms with Crippen LogP contribution in [0.2, 0.25) is 0 Å². The molecule has 2 heteroatoms. The van der Waals surface area contributed by atoms with Crippen LogP contribution in [0, 0.1) is 6.92 Å². The van der Waals surface area contributed by atoms with Crippen molar-refractivity contribution in [2.75, 3.05) is 6.54 Å². The lowest BCUT2D eigenvalue weighted by Crippen LogP contribution is -2.30. The molecule has 21 heavy (non-hydrogen) atoms. The maximum absolute atomic E-state index is 10.4. The lowest BCUT2D eigenvalue weighted by molar-refractivity contribution is 0.104. The van der Waals surface area contributed by atoms with Crippen molar-refractivity contribution >= 4 is 0 Å². The summed E-state index contributed by atoms with van der Waals surface area (Å²) in [6.07, 6.45) is 2.11. The first-order valence-electron chi connectivity index (χ1n) is 7.75. The summed E-state index contributed by atoms with van der Waals surface area (Å²) in [6, 6.07) is 19.3. The fourth-order valence-corrected chi connectivity index (χ4v) is 2.71. The molecule has 0 spiro atoms. The van der Waals surface area contributed by atoms with E-state index in [2.05, 4.69) is 36.1 Å². The summed E-state index contributed by atoms with van der Waals surface area (Å²) in [4.78, 5) is 2.42. The second-order valence-electron chi connectivity index (χ2n) is 6.07. The average molecular weight is 281 g/mol. The standard InChI is InChI=1S/C19H23NO/c1-15-7-9-16(10-8-15)13-20(18-11-12-18)14-19(21)17-5-3-2-4-6-17/h2-10,18-19,21H,11-14H2,1H3. The molecule has 0 aliphatic heterocycles. The van der Waals surface area contributed by atoms with Crippen LogP contribution in [0.1, 0.15) is 35.6 Å². The fourth-order valence-electron chi connectivity index (χ4n) is 2.71. The third-order valence-electron chi connectivity index (χ3n) is 4.16. The van der Waals surface area contributed by atoms with Crippen molar-refractivity contribution < 1.29 is 5.11 Å². The van der Waals surface area contributed by atoms with Crippen molar-refractivity contribution in [2.24, 2.45) is 0 Å². The Morgan fingerprint density at radius 3 is 2.33 bits per heavy atom. The maximum atomic E-state index is 10.4. The van der Waals surface area contributed by atoms with Crippen LogP contribution >= 0.6 is 0 Å². The van der Waals surface area contributed by atoms with E-state index in [0.717, 1.165) is 12.1 Å². The number of aryl methyl sites for hydroxylation is 1. The molecule has 0 heterocycles. The van der Waals surface area contributed by atoms with Crippen molar-refractivity contribution in [2.45, 2.75) is 38.5 Å². The van der Waals surface area contributed by atoms with Gasteiger partial charge in [-0.3, -0.25) is 4.90 Å². The first-order valence-corrected chi connectivity index (χ1v) is 7.75. The maximum Gasteiger partial charge on any atom is 0.0917 e. The Morgan fingerprint density at radius 2 is 1.71 bits per heavy atom. The summed E-state index contributed by atoms with van der Waals surface area (Å²) in [5.74, 6) is 0. The van der Waals surface area contributed by atoms with Crippen molar-refractivity contribution in [3.05, 3.63) is 71.3 Å². The zero-order valence-electron chi connectivity index (χ0n) is 12.6. The fraction of sp³-hybridized carbons (Fsp3) is 0.368. The van der Waals surface area contributed by atoms with E-state index in [0.29, 0.717) is 12.6 Å². The zero-order chi connectivity index (χ0) is 14.7. The number of hydrogen-bond donors (Lipinski definition) is 1. The van der Waals surface area contributed by atoms with Crippen LogP contribution in [-0.4, -0.2) is 22.6 Å². The molecule has 1 aliphatic carbocycles. The summed E-state index contributed by atoms with van der Waals surface area (Å²) < 4.78 is 0. The van der Waals surface area contributed by atoms with Gasteiger partial charge in [-0.15, -0.1) is 0 Å². The van der Waals surface area contributed by atoms with Gasteiger partial charge in [0.05, 0.1) is 6.10 Å². The van der Waals surface area contributed by atoms with Crippen LogP contribution in [0.4, 0.5) is 0 Å². The smallest absolute Gasteiger partial charge is 0.0917 e. The summed E-state index contributed by atoms with van der Waals surface area (Å²) in [5.41, 5.74) is 3.63. The molecular formula is C19H23NO. The Labute approximate surface area is 127 Å². The Bertz CT molecular complexity index is 560. The molecule has 0 radical (unpaired) electrons. The second kappa shape index (κ2) is 6.42. The first-order chi connectivity index (χ1) is 10.2. The lowest BCUT2D eigenvalue weighted by atomic mass is 10.1. The number of aliphatic hydroxyl groups is 1. The van der Waals surface area contributed by atoms with Crippen LogP contribution in [0.5, 0.6) is 0 Å². The van der Waals surface area contributed by atoms with Gasteiger partial charge in [-0.2, -0.15) is 0 Å². The molecule has 1 aliphatic rings. The van der Waals surface area contributed by atoms with Crippen molar-refractivity contribution in [1.29, 1.82) is 0 Å². The number of benzene rings is 2. The van der Waals surface area contributed by atoms with Gasteiger partial charge in [0.15, 0.2) is 0 Å². The molecule has 1 atom stereocenters. The highest BCUT2D eigenvalue weighted by atomic mass is 16.3. The van der Waals surface area contributed by atoms with Gasteiger partial charge in [-0.05, 0) is 30.9 Å². The molecule has 1 unspecified atom stereocenters. The van der Waals surface area contributed by atoms with Crippen LogP contribution in [0.3, 0.4) is 0 Å². The summed E-state index contributed by atoms with van der Waals surface area (Å²) >= 11 is 0. The highest BCUT2D eigenvalue weighted by Crippen LogP contribution is 2.30. The second-order valence-corrected chi connectivity index (χ2v) is 6.07. The van der Waals surface area contributed by atoms with Crippen molar-refractivity contribution in [1.82, 2.24) is 4.90 Å². The Balaban J connectivity index is 1.66. The van der Waals surface area contributed by atoms with Crippen LogP contribution in [0.25, 0.3) is 0 Å². The minimum absolute atomic E-state index is 0.405. The first kappa shape index (κ1) is 14.3. The number of hydrogen-bond acceptors (Lipinski definition) is 2. The Morgan fingerprint density at radius 1 is 1.05 bits per heavy atom. The molecule has 0 amide bonds. The monoisotopic (exact) mass is 281 g/mol.